The van der Waals surface area contributed by atoms with Gasteiger partial charge in [-0.3, -0.25) is 4.79 Å². The van der Waals surface area contributed by atoms with Crippen molar-refractivity contribution in [3.05, 3.63) is 52.2 Å². The molecule has 2 aromatic rings. The molecule has 0 fully saturated rings. The first kappa shape index (κ1) is 13.3. The highest BCUT2D eigenvalue weighted by Gasteiger charge is 2.10. The van der Waals surface area contributed by atoms with Crippen molar-refractivity contribution < 1.29 is 14.3 Å². The van der Waals surface area contributed by atoms with Crippen LogP contribution in [0, 0.1) is 6.92 Å². The molecule has 0 aliphatic carbocycles. The Balaban J connectivity index is 1.82. The standard InChI is InChI=1S/C14H13NO3S/c1-10-4-6-11(7-5-10)18-13(16)9-15-14(17)12-3-2-8-19-12/h2-8H,9H2,1H3,(H,15,17). The van der Waals surface area contributed by atoms with Crippen molar-refractivity contribution >= 4 is 23.2 Å². The zero-order chi connectivity index (χ0) is 13.7. The summed E-state index contributed by atoms with van der Waals surface area (Å²) in [4.78, 5) is 23.7. The smallest absolute Gasteiger partial charge is 0.330 e. The molecule has 0 spiro atoms. The fourth-order valence-corrected chi connectivity index (χ4v) is 2.06. The van der Waals surface area contributed by atoms with Gasteiger partial charge in [-0.2, -0.15) is 0 Å². The molecule has 0 radical (unpaired) electrons. The van der Waals surface area contributed by atoms with E-state index in [9.17, 15) is 9.59 Å². The van der Waals surface area contributed by atoms with E-state index in [-0.39, 0.29) is 12.5 Å². The zero-order valence-electron chi connectivity index (χ0n) is 10.4. The molecular weight excluding hydrogens is 262 g/mol. The van der Waals surface area contributed by atoms with Crippen LogP contribution >= 0.6 is 11.3 Å². The molecule has 1 aromatic carbocycles. The van der Waals surface area contributed by atoms with E-state index >= 15 is 0 Å². The summed E-state index contributed by atoms with van der Waals surface area (Å²) in [5.41, 5.74) is 1.09. The molecule has 4 nitrogen and oxygen atoms in total. The van der Waals surface area contributed by atoms with Crippen LogP contribution in [-0.2, 0) is 4.79 Å². The molecule has 1 amide bonds. The van der Waals surface area contributed by atoms with E-state index in [2.05, 4.69) is 5.32 Å². The molecule has 0 bridgehead atoms. The highest BCUT2D eigenvalue weighted by atomic mass is 32.1. The Morgan fingerprint density at radius 2 is 1.95 bits per heavy atom. The number of ether oxygens (including phenoxy) is 1. The number of benzene rings is 1. The average Bonchev–Trinajstić information content (AvgIpc) is 2.93. The number of nitrogens with one attached hydrogen (secondary N) is 1. The Kier molecular flexibility index (Phi) is 4.30. The van der Waals surface area contributed by atoms with Crippen LogP contribution in [0.3, 0.4) is 0 Å². The van der Waals surface area contributed by atoms with Crippen LogP contribution < -0.4 is 10.1 Å². The molecule has 2 rings (SSSR count). The highest BCUT2D eigenvalue weighted by molar-refractivity contribution is 7.12. The first-order valence-electron chi connectivity index (χ1n) is 5.74. The largest absolute Gasteiger partial charge is 0.425 e. The second-order valence-electron chi connectivity index (χ2n) is 3.95. The van der Waals surface area contributed by atoms with Gasteiger partial charge in [-0.25, -0.2) is 4.79 Å². The van der Waals surface area contributed by atoms with Gasteiger partial charge in [0, 0.05) is 0 Å². The van der Waals surface area contributed by atoms with Crippen LogP contribution in [0.2, 0.25) is 0 Å². The third-order valence-corrected chi connectivity index (χ3v) is 3.26. The van der Waals surface area contributed by atoms with Crippen molar-refractivity contribution in [1.82, 2.24) is 5.32 Å². The minimum absolute atomic E-state index is 0.148. The predicted octanol–water partition coefficient (Wildman–Crippen LogP) is 2.39. The third kappa shape index (κ3) is 3.93. The second kappa shape index (κ2) is 6.15. The fraction of sp³-hybridized carbons (Fsp3) is 0.143. The maximum Gasteiger partial charge on any atom is 0.330 e. The van der Waals surface area contributed by atoms with Gasteiger partial charge < -0.3 is 10.1 Å². The molecule has 0 saturated carbocycles. The minimum Gasteiger partial charge on any atom is -0.425 e. The molecule has 1 N–H and O–H groups in total. The van der Waals surface area contributed by atoms with Gasteiger partial charge in [0.05, 0.1) is 4.88 Å². The first-order chi connectivity index (χ1) is 9.15. The van der Waals surface area contributed by atoms with E-state index in [1.54, 1.807) is 29.6 Å². The van der Waals surface area contributed by atoms with Gasteiger partial charge in [-0.05, 0) is 30.5 Å². The topological polar surface area (TPSA) is 55.4 Å². The Hall–Kier alpha value is -2.14. The lowest BCUT2D eigenvalue weighted by atomic mass is 10.2. The molecule has 19 heavy (non-hydrogen) atoms. The monoisotopic (exact) mass is 275 g/mol. The normalized spacial score (nSPS) is 9.95. The molecular formula is C14H13NO3S. The lowest BCUT2D eigenvalue weighted by Gasteiger charge is -2.05. The van der Waals surface area contributed by atoms with Gasteiger partial charge >= 0.3 is 5.97 Å². The summed E-state index contributed by atoms with van der Waals surface area (Å²) in [6.07, 6.45) is 0. The van der Waals surface area contributed by atoms with Crippen molar-refractivity contribution in [2.75, 3.05) is 6.54 Å². The van der Waals surface area contributed by atoms with Crippen molar-refractivity contribution in [2.45, 2.75) is 6.92 Å². The van der Waals surface area contributed by atoms with Gasteiger partial charge in [0.2, 0.25) is 0 Å². The summed E-state index contributed by atoms with van der Waals surface area (Å²) in [6, 6.07) is 10.6. The maximum atomic E-state index is 11.6. The Bertz CT molecular complexity index is 561. The minimum atomic E-state index is -0.492. The SMILES string of the molecule is Cc1ccc(OC(=O)CNC(=O)c2cccs2)cc1. The van der Waals surface area contributed by atoms with Crippen LogP contribution in [0.4, 0.5) is 0 Å². The van der Waals surface area contributed by atoms with Crippen LogP contribution in [0.15, 0.2) is 41.8 Å². The number of carbonyl (C=O) groups is 2. The zero-order valence-corrected chi connectivity index (χ0v) is 11.2. The van der Waals surface area contributed by atoms with Gasteiger partial charge in [0.1, 0.15) is 12.3 Å². The molecule has 0 aliphatic rings. The second-order valence-corrected chi connectivity index (χ2v) is 4.89. The molecule has 1 aromatic heterocycles. The van der Waals surface area contributed by atoms with Crippen molar-refractivity contribution in [2.24, 2.45) is 0 Å². The van der Waals surface area contributed by atoms with Crippen LogP contribution in [0.25, 0.3) is 0 Å². The highest BCUT2D eigenvalue weighted by Crippen LogP contribution is 2.11. The van der Waals surface area contributed by atoms with Gasteiger partial charge in [-0.1, -0.05) is 23.8 Å². The number of esters is 1. The number of amides is 1. The quantitative estimate of drug-likeness (QED) is 0.688. The molecule has 5 heteroatoms. The number of hydrogen-bond donors (Lipinski definition) is 1. The van der Waals surface area contributed by atoms with Crippen molar-refractivity contribution in [3.63, 3.8) is 0 Å². The predicted molar refractivity (Wildman–Crippen MR) is 73.5 cm³/mol. The Labute approximate surface area is 115 Å². The Morgan fingerprint density at radius 3 is 2.58 bits per heavy atom. The van der Waals surface area contributed by atoms with E-state index in [1.165, 1.54) is 11.3 Å². The van der Waals surface area contributed by atoms with Crippen molar-refractivity contribution in [1.29, 1.82) is 0 Å². The number of carbonyl (C=O) groups excluding carboxylic acids is 2. The fourth-order valence-electron chi connectivity index (χ4n) is 1.42. The summed E-state index contributed by atoms with van der Waals surface area (Å²) >= 11 is 1.32. The summed E-state index contributed by atoms with van der Waals surface area (Å²) in [6.45, 7) is 1.80. The molecule has 0 saturated heterocycles. The number of aryl methyl sites for hydroxylation is 1. The average molecular weight is 275 g/mol. The summed E-state index contributed by atoms with van der Waals surface area (Å²) < 4.78 is 5.09. The van der Waals surface area contributed by atoms with Crippen LogP contribution in [0.1, 0.15) is 15.2 Å². The maximum absolute atomic E-state index is 11.6. The molecule has 98 valence electrons. The molecule has 0 atom stereocenters. The molecule has 1 heterocycles. The van der Waals surface area contributed by atoms with Gasteiger partial charge in [0.15, 0.2) is 0 Å². The van der Waals surface area contributed by atoms with E-state index in [0.717, 1.165) is 5.56 Å². The van der Waals surface area contributed by atoms with Crippen LogP contribution in [-0.4, -0.2) is 18.4 Å². The van der Waals surface area contributed by atoms with Crippen molar-refractivity contribution in [3.8, 4) is 5.75 Å². The third-order valence-electron chi connectivity index (χ3n) is 2.39. The molecule has 0 unspecified atom stereocenters. The van der Waals surface area contributed by atoms with Gasteiger partial charge in [0.25, 0.3) is 5.91 Å². The molecule has 0 aliphatic heterocycles. The lowest BCUT2D eigenvalue weighted by molar-refractivity contribution is -0.133. The summed E-state index contributed by atoms with van der Waals surface area (Å²) in [5, 5.41) is 4.32. The van der Waals surface area contributed by atoms with E-state index < -0.39 is 5.97 Å². The first-order valence-corrected chi connectivity index (χ1v) is 6.62. The lowest BCUT2D eigenvalue weighted by Crippen LogP contribution is -2.31. The number of hydrogen-bond acceptors (Lipinski definition) is 4. The van der Waals surface area contributed by atoms with E-state index in [1.807, 2.05) is 19.1 Å². The van der Waals surface area contributed by atoms with Crippen LogP contribution in [0.5, 0.6) is 5.75 Å². The van der Waals surface area contributed by atoms with E-state index in [0.29, 0.717) is 10.6 Å². The van der Waals surface area contributed by atoms with Gasteiger partial charge in [-0.15, -0.1) is 11.3 Å². The summed E-state index contributed by atoms with van der Waals surface area (Å²) in [5.74, 6) is -0.286. The summed E-state index contributed by atoms with van der Waals surface area (Å²) in [7, 11) is 0. The Morgan fingerprint density at radius 1 is 1.21 bits per heavy atom. The van der Waals surface area contributed by atoms with E-state index in [4.69, 9.17) is 4.74 Å². The number of rotatable bonds is 4. The number of thiophene rings is 1.